The average Bonchev–Trinajstić information content (AvgIpc) is 2.63. The number of nitrogen functional groups attached to an aromatic ring is 1. The van der Waals surface area contributed by atoms with E-state index in [1.807, 2.05) is 0 Å². The van der Waals surface area contributed by atoms with Gasteiger partial charge in [-0.1, -0.05) is 0 Å². The Labute approximate surface area is 165 Å². The van der Waals surface area contributed by atoms with Crippen molar-refractivity contribution in [1.82, 2.24) is 19.8 Å². The summed E-state index contributed by atoms with van der Waals surface area (Å²) in [5.41, 5.74) is 5.73. The number of rotatable bonds is 4. The van der Waals surface area contributed by atoms with Crippen molar-refractivity contribution in [2.75, 3.05) is 25.4 Å². The van der Waals surface area contributed by atoms with E-state index in [0.717, 1.165) is 58.2 Å². The number of nitrogens with zero attached hydrogens (tertiary/aromatic N) is 3. The molecule has 1 aliphatic heterocycles. The van der Waals surface area contributed by atoms with Gasteiger partial charge in [-0.05, 0) is 81.9 Å². The van der Waals surface area contributed by atoms with E-state index in [2.05, 4.69) is 15.2 Å². The maximum Gasteiger partial charge on any atom is 0.404 e. The van der Waals surface area contributed by atoms with Crippen molar-refractivity contribution >= 4 is 11.9 Å². The zero-order valence-corrected chi connectivity index (χ0v) is 16.3. The standard InChI is InChI=1S/C20H31N5O3/c21-17-5-8-25(18(26)23-17)16-3-1-14(2-4-16)13-24-9-6-20(7-10-24)11-15(12-20)22-19(27)28/h5,8,14-16,22H,1-4,6-7,9-13H2,(H,27,28)(H2,21,23,26)/t14-,16-. The summed E-state index contributed by atoms with van der Waals surface area (Å²) < 4.78 is 1.75. The third-order valence-corrected chi connectivity index (χ3v) is 7.18. The van der Waals surface area contributed by atoms with Gasteiger partial charge in [0, 0.05) is 24.8 Å². The van der Waals surface area contributed by atoms with Crippen molar-refractivity contribution in [3.63, 3.8) is 0 Å². The Morgan fingerprint density at radius 3 is 2.54 bits per heavy atom. The van der Waals surface area contributed by atoms with Gasteiger partial charge in [-0.15, -0.1) is 0 Å². The summed E-state index contributed by atoms with van der Waals surface area (Å²) in [6.07, 6.45) is 9.61. The fourth-order valence-corrected chi connectivity index (χ4v) is 5.55. The van der Waals surface area contributed by atoms with Crippen LogP contribution in [0.5, 0.6) is 0 Å². The third kappa shape index (κ3) is 4.16. The molecular formula is C20H31N5O3. The summed E-state index contributed by atoms with van der Waals surface area (Å²) in [6.45, 7) is 3.40. The molecule has 3 fully saturated rings. The second-order valence-corrected chi connectivity index (χ2v) is 9.07. The number of hydrogen-bond donors (Lipinski definition) is 3. The molecule has 154 valence electrons. The number of nitrogens with two attached hydrogens (primary N) is 1. The number of anilines is 1. The van der Waals surface area contributed by atoms with Crippen LogP contribution in [-0.4, -0.2) is 51.3 Å². The molecule has 1 aromatic heterocycles. The van der Waals surface area contributed by atoms with Crippen LogP contribution < -0.4 is 16.7 Å². The Hall–Kier alpha value is -2.09. The van der Waals surface area contributed by atoms with Gasteiger partial charge in [0.25, 0.3) is 0 Å². The van der Waals surface area contributed by atoms with E-state index in [-0.39, 0.29) is 23.6 Å². The predicted octanol–water partition coefficient (Wildman–Crippen LogP) is 2.07. The number of aromatic nitrogens is 2. The maximum atomic E-state index is 12.0. The van der Waals surface area contributed by atoms with Crippen LogP contribution in [0.4, 0.5) is 10.6 Å². The van der Waals surface area contributed by atoms with Gasteiger partial charge in [0.15, 0.2) is 0 Å². The molecule has 8 nitrogen and oxygen atoms in total. The largest absolute Gasteiger partial charge is 0.465 e. The number of likely N-dealkylation sites (tertiary alicyclic amines) is 1. The first-order chi connectivity index (χ1) is 13.4. The minimum Gasteiger partial charge on any atom is -0.465 e. The van der Waals surface area contributed by atoms with Crippen LogP contribution >= 0.6 is 0 Å². The molecule has 2 aliphatic carbocycles. The van der Waals surface area contributed by atoms with Crippen LogP contribution in [0.2, 0.25) is 0 Å². The lowest BCUT2D eigenvalue weighted by Gasteiger charge is -2.52. The second-order valence-electron chi connectivity index (χ2n) is 9.07. The summed E-state index contributed by atoms with van der Waals surface area (Å²) in [6, 6.07) is 2.11. The molecule has 0 bridgehead atoms. The lowest BCUT2D eigenvalue weighted by atomic mass is 9.60. The summed E-state index contributed by atoms with van der Waals surface area (Å²) in [5, 5.41) is 11.5. The van der Waals surface area contributed by atoms with Gasteiger partial charge in [0.05, 0.1) is 0 Å². The van der Waals surface area contributed by atoms with Crippen LogP contribution in [0.25, 0.3) is 0 Å². The van der Waals surface area contributed by atoms with Crippen LogP contribution in [0.1, 0.15) is 57.4 Å². The van der Waals surface area contributed by atoms with E-state index < -0.39 is 6.09 Å². The van der Waals surface area contributed by atoms with E-state index in [4.69, 9.17) is 10.8 Å². The zero-order valence-electron chi connectivity index (χ0n) is 16.3. The second kappa shape index (κ2) is 7.73. The van der Waals surface area contributed by atoms with Gasteiger partial charge in [-0.2, -0.15) is 4.98 Å². The van der Waals surface area contributed by atoms with Crippen molar-refractivity contribution in [2.45, 2.75) is 63.5 Å². The number of nitrogens with one attached hydrogen (secondary N) is 1. The van der Waals surface area contributed by atoms with Gasteiger partial charge < -0.3 is 21.1 Å². The Bertz CT molecular complexity index is 755. The molecule has 0 aromatic carbocycles. The summed E-state index contributed by atoms with van der Waals surface area (Å²) in [5.74, 6) is 0.986. The molecule has 1 aromatic rings. The highest BCUT2D eigenvalue weighted by atomic mass is 16.4. The quantitative estimate of drug-likeness (QED) is 0.726. The highest BCUT2D eigenvalue weighted by Gasteiger charge is 2.46. The Morgan fingerprint density at radius 2 is 1.93 bits per heavy atom. The fourth-order valence-electron chi connectivity index (χ4n) is 5.55. The molecule has 4 N–H and O–H groups in total. The Balaban J connectivity index is 1.20. The highest BCUT2D eigenvalue weighted by molar-refractivity contribution is 5.65. The van der Waals surface area contributed by atoms with Crippen molar-refractivity contribution in [2.24, 2.45) is 11.3 Å². The van der Waals surface area contributed by atoms with Crippen molar-refractivity contribution < 1.29 is 9.90 Å². The topological polar surface area (TPSA) is 113 Å². The smallest absolute Gasteiger partial charge is 0.404 e. The van der Waals surface area contributed by atoms with Crippen molar-refractivity contribution in [3.8, 4) is 0 Å². The molecule has 2 heterocycles. The van der Waals surface area contributed by atoms with E-state index >= 15 is 0 Å². The zero-order chi connectivity index (χ0) is 19.7. The third-order valence-electron chi connectivity index (χ3n) is 7.18. The first-order valence-electron chi connectivity index (χ1n) is 10.5. The lowest BCUT2D eigenvalue weighted by molar-refractivity contribution is 0.00122. The molecule has 3 aliphatic rings. The van der Waals surface area contributed by atoms with Gasteiger partial charge in [-0.3, -0.25) is 4.57 Å². The molecule has 0 radical (unpaired) electrons. The molecule has 1 spiro atoms. The minimum atomic E-state index is -0.898. The number of piperidine rings is 1. The SMILES string of the molecule is Nc1ccn([C@H]2CC[C@H](CN3CCC4(CC3)CC(NC(=O)O)C4)CC2)c(=O)n1. The molecule has 2 saturated carbocycles. The van der Waals surface area contributed by atoms with Gasteiger partial charge in [0.2, 0.25) is 0 Å². The summed E-state index contributed by atoms with van der Waals surface area (Å²) >= 11 is 0. The molecule has 0 unspecified atom stereocenters. The monoisotopic (exact) mass is 389 g/mol. The number of amides is 1. The summed E-state index contributed by atoms with van der Waals surface area (Å²) in [7, 11) is 0. The van der Waals surface area contributed by atoms with Crippen LogP contribution in [0, 0.1) is 11.3 Å². The average molecular weight is 390 g/mol. The van der Waals surface area contributed by atoms with Crippen LogP contribution in [0.3, 0.4) is 0 Å². The fraction of sp³-hybridized carbons (Fsp3) is 0.750. The number of hydrogen-bond acceptors (Lipinski definition) is 5. The van der Waals surface area contributed by atoms with Gasteiger partial charge >= 0.3 is 11.8 Å². The number of carbonyl (C=O) groups is 1. The molecule has 28 heavy (non-hydrogen) atoms. The minimum absolute atomic E-state index is 0.158. The highest BCUT2D eigenvalue weighted by Crippen LogP contribution is 2.49. The first kappa shape index (κ1) is 19.2. The summed E-state index contributed by atoms with van der Waals surface area (Å²) in [4.78, 5) is 29.2. The molecule has 0 atom stereocenters. The molecule has 1 amide bonds. The molecule has 1 saturated heterocycles. The van der Waals surface area contributed by atoms with Crippen molar-refractivity contribution in [3.05, 3.63) is 22.7 Å². The number of carboxylic acid groups (broad SMARTS) is 1. The van der Waals surface area contributed by atoms with Crippen LogP contribution in [0.15, 0.2) is 17.1 Å². The van der Waals surface area contributed by atoms with E-state index in [0.29, 0.717) is 11.3 Å². The van der Waals surface area contributed by atoms with Crippen LogP contribution in [-0.2, 0) is 0 Å². The maximum absolute atomic E-state index is 12.0. The van der Waals surface area contributed by atoms with E-state index in [1.165, 1.54) is 12.8 Å². The first-order valence-corrected chi connectivity index (χ1v) is 10.5. The molecular weight excluding hydrogens is 358 g/mol. The normalized spacial score (nSPS) is 28.0. The van der Waals surface area contributed by atoms with E-state index in [9.17, 15) is 9.59 Å². The molecule has 8 heteroatoms. The van der Waals surface area contributed by atoms with E-state index in [1.54, 1.807) is 16.8 Å². The lowest BCUT2D eigenvalue weighted by Crippen LogP contribution is -2.55. The Kier molecular flexibility index (Phi) is 5.31. The van der Waals surface area contributed by atoms with Crippen molar-refractivity contribution in [1.29, 1.82) is 0 Å². The predicted molar refractivity (Wildman–Crippen MR) is 106 cm³/mol. The van der Waals surface area contributed by atoms with Gasteiger partial charge in [0.1, 0.15) is 5.82 Å². The van der Waals surface area contributed by atoms with Gasteiger partial charge in [-0.25, -0.2) is 9.59 Å². The molecule has 4 rings (SSSR count). The Morgan fingerprint density at radius 1 is 1.25 bits per heavy atom.